The molecule has 2 heterocycles. The third-order valence-electron chi connectivity index (χ3n) is 5.62. The molecule has 0 unspecified atom stereocenters. The molecule has 2 aromatic carbocycles. The van der Waals surface area contributed by atoms with E-state index in [0.29, 0.717) is 11.2 Å². The third-order valence-corrected chi connectivity index (χ3v) is 5.62. The van der Waals surface area contributed by atoms with Gasteiger partial charge in [0, 0.05) is 0 Å². The molecule has 1 fully saturated rings. The van der Waals surface area contributed by atoms with Crippen molar-refractivity contribution in [1.29, 1.82) is 0 Å². The third kappa shape index (κ3) is 4.67. The Morgan fingerprint density at radius 1 is 0.966 bits per heavy atom. The van der Waals surface area contributed by atoms with Crippen molar-refractivity contribution in [2.75, 3.05) is 26.2 Å². The molecular formula is C24H29N3O2. The topological polar surface area (TPSA) is 47.4 Å². The lowest BCUT2D eigenvalue weighted by atomic mass is 10.1. The second-order valence-corrected chi connectivity index (χ2v) is 7.77. The van der Waals surface area contributed by atoms with Crippen molar-refractivity contribution < 1.29 is 4.74 Å². The Balaban J connectivity index is 1.36. The lowest BCUT2D eigenvalue weighted by molar-refractivity contribution is 0.216. The highest BCUT2D eigenvalue weighted by Gasteiger charge is 2.10. The zero-order chi connectivity index (χ0) is 20.1. The zero-order valence-electron chi connectivity index (χ0n) is 17.1. The number of unbranched alkanes of at least 4 members (excludes halogenated alkanes) is 1. The molecule has 5 heteroatoms. The van der Waals surface area contributed by atoms with Gasteiger partial charge in [-0.2, -0.15) is 0 Å². The maximum Gasteiger partial charge on any atom is 0.265 e. The molecule has 0 N–H and O–H groups in total. The van der Waals surface area contributed by atoms with E-state index in [-0.39, 0.29) is 5.56 Å². The summed E-state index contributed by atoms with van der Waals surface area (Å²) in [5.41, 5.74) is 1.50. The summed E-state index contributed by atoms with van der Waals surface area (Å²) in [4.78, 5) is 20.0. The number of piperidine rings is 1. The summed E-state index contributed by atoms with van der Waals surface area (Å²) in [7, 11) is 0. The van der Waals surface area contributed by atoms with Crippen LogP contribution >= 0.6 is 0 Å². The van der Waals surface area contributed by atoms with Crippen LogP contribution in [0.2, 0.25) is 0 Å². The minimum Gasteiger partial charge on any atom is -0.494 e. The zero-order valence-corrected chi connectivity index (χ0v) is 17.1. The molecule has 4 rings (SSSR count). The molecule has 1 saturated heterocycles. The first-order valence-electron chi connectivity index (χ1n) is 10.7. The van der Waals surface area contributed by atoms with Gasteiger partial charge in [-0.25, -0.2) is 4.98 Å². The Hall–Kier alpha value is -2.66. The van der Waals surface area contributed by atoms with E-state index in [9.17, 15) is 4.79 Å². The summed E-state index contributed by atoms with van der Waals surface area (Å²) >= 11 is 0. The van der Waals surface area contributed by atoms with Crippen LogP contribution in [-0.2, 0) is 0 Å². The highest BCUT2D eigenvalue weighted by Crippen LogP contribution is 2.17. The fourth-order valence-electron chi connectivity index (χ4n) is 4.05. The number of fused-ring (bicyclic) bond motifs is 1. The largest absolute Gasteiger partial charge is 0.494 e. The summed E-state index contributed by atoms with van der Waals surface area (Å²) in [6.07, 6.45) is 6.31. The maximum absolute atomic E-state index is 12.9. The van der Waals surface area contributed by atoms with E-state index in [4.69, 9.17) is 4.74 Å². The first-order valence-corrected chi connectivity index (χ1v) is 10.7. The Bertz CT molecular complexity index is 1000. The van der Waals surface area contributed by atoms with Crippen molar-refractivity contribution in [2.24, 2.45) is 0 Å². The van der Waals surface area contributed by atoms with Gasteiger partial charge in [0.1, 0.15) is 11.6 Å². The van der Waals surface area contributed by atoms with Gasteiger partial charge in [-0.15, -0.1) is 0 Å². The van der Waals surface area contributed by atoms with Crippen LogP contribution in [0.3, 0.4) is 0 Å². The van der Waals surface area contributed by atoms with Crippen molar-refractivity contribution in [3.8, 4) is 11.4 Å². The van der Waals surface area contributed by atoms with Gasteiger partial charge in [0.05, 0.1) is 23.2 Å². The van der Waals surface area contributed by atoms with Gasteiger partial charge < -0.3 is 9.64 Å². The number of hydrogen-bond acceptors (Lipinski definition) is 4. The van der Waals surface area contributed by atoms with Crippen LogP contribution in [0.1, 0.15) is 37.9 Å². The summed E-state index contributed by atoms with van der Waals surface area (Å²) in [6, 6.07) is 15.2. The Morgan fingerprint density at radius 3 is 2.52 bits per heavy atom. The molecular weight excluding hydrogens is 362 g/mol. The average molecular weight is 392 g/mol. The van der Waals surface area contributed by atoms with Crippen LogP contribution in [0.25, 0.3) is 16.6 Å². The molecule has 0 radical (unpaired) electrons. The highest BCUT2D eigenvalue weighted by atomic mass is 16.5. The van der Waals surface area contributed by atoms with Gasteiger partial charge in [0.25, 0.3) is 5.56 Å². The number of para-hydroxylation sites is 1. The first kappa shape index (κ1) is 19.6. The van der Waals surface area contributed by atoms with Crippen LogP contribution in [0.15, 0.2) is 53.3 Å². The molecule has 0 amide bonds. The van der Waals surface area contributed by atoms with Crippen molar-refractivity contribution in [1.82, 2.24) is 14.5 Å². The number of aryl methyl sites for hydroxylation is 1. The van der Waals surface area contributed by atoms with E-state index in [0.717, 1.165) is 30.0 Å². The van der Waals surface area contributed by atoms with Crippen LogP contribution in [0, 0.1) is 6.92 Å². The SMILES string of the molecule is Cc1nc2ccccc2c(=O)n1-c1ccc(OCCCCN2CCCCC2)cc1. The normalized spacial score (nSPS) is 14.9. The van der Waals surface area contributed by atoms with Crippen molar-refractivity contribution in [2.45, 2.75) is 39.0 Å². The monoisotopic (exact) mass is 391 g/mol. The number of aromatic nitrogens is 2. The molecule has 0 atom stereocenters. The second kappa shape index (κ2) is 9.23. The Morgan fingerprint density at radius 2 is 1.72 bits per heavy atom. The first-order chi connectivity index (χ1) is 14.2. The predicted molar refractivity (Wildman–Crippen MR) is 117 cm³/mol. The molecule has 3 aromatic rings. The number of rotatable bonds is 7. The molecule has 0 spiro atoms. The quantitative estimate of drug-likeness (QED) is 0.562. The Labute approximate surface area is 171 Å². The summed E-state index contributed by atoms with van der Waals surface area (Å²) < 4.78 is 7.55. The van der Waals surface area contributed by atoms with E-state index in [1.54, 1.807) is 4.57 Å². The molecule has 1 aromatic heterocycles. The number of ether oxygens (including phenoxy) is 1. The van der Waals surface area contributed by atoms with Crippen molar-refractivity contribution in [3.05, 3.63) is 64.7 Å². The lowest BCUT2D eigenvalue weighted by Crippen LogP contribution is -2.30. The van der Waals surface area contributed by atoms with Gasteiger partial charge >= 0.3 is 0 Å². The van der Waals surface area contributed by atoms with Gasteiger partial charge in [-0.3, -0.25) is 9.36 Å². The predicted octanol–water partition coefficient (Wildman–Crippen LogP) is 4.34. The molecule has 0 saturated carbocycles. The number of benzene rings is 2. The smallest absolute Gasteiger partial charge is 0.265 e. The van der Waals surface area contributed by atoms with Gasteiger partial charge in [-0.1, -0.05) is 18.6 Å². The average Bonchev–Trinajstić information content (AvgIpc) is 2.75. The van der Waals surface area contributed by atoms with Crippen molar-refractivity contribution >= 4 is 10.9 Å². The molecule has 5 nitrogen and oxygen atoms in total. The maximum atomic E-state index is 12.9. The van der Waals surface area contributed by atoms with Crippen LogP contribution in [0.5, 0.6) is 5.75 Å². The standard InChI is InChI=1S/C24H29N3O2/c1-19-25-23-10-4-3-9-22(23)24(28)27(19)20-11-13-21(14-12-20)29-18-8-7-17-26-15-5-2-6-16-26/h3-4,9-14H,2,5-8,15-18H2,1H3. The van der Waals surface area contributed by atoms with E-state index >= 15 is 0 Å². The number of nitrogens with zero attached hydrogens (tertiary/aromatic N) is 3. The lowest BCUT2D eigenvalue weighted by Gasteiger charge is -2.26. The van der Waals surface area contributed by atoms with E-state index in [1.807, 2.05) is 55.5 Å². The van der Waals surface area contributed by atoms with Crippen LogP contribution in [-0.4, -0.2) is 40.7 Å². The molecule has 152 valence electrons. The summed E-state index contributed by atoms with van der Waals surface area (Å²) in [5.74, 6) is 1.52. The summed E-state index contributed by atoms with van der Waals surface area (Å²) in [5, 5.41) is 0.632. The Kier molecular flexibility index (Phi) is 6.25. The summed E-state index contributed by atoms with van der Waals surface area (Å²) in [6.45, 7) is 6.28. The highest BCUT2D eigenvalue weighted by molar-refractivity contribution is 5.77. The number of hydrogen-bond donors (Lipinski definition) is 0. The fraction of sp³-hybridized carbons (Fsp3) is 0.417. The van der Waals surface area contributed by atoms with Crippen LogP contribution in [0.4, 0.5) is 0 Å². The van der Waals surface area contributed by atoms with Crippen molar-refractivity contribution in [3.63, 3.8) is 0 Å². The minimum absolute atomic E-state index is 0.0421. The molecule has 1 aliphatic heterocycles. The fourth-order valence-corrected chi connectivity index (χ4v) is 4.05. The molecule has 0 bridgehead atoms. The molecule has 29 heavy (non-hydrogen) atoms. The van der Waals surface area contributed by atoms with Gasteiger partial charge in [-0.05, 0) is 88.6 Å². The van der Waals surface area contributed by atoms with E-state index < -0.39 is 0 Å². The van der Waals surface area contributed by atoms with Crippen LogP contribution < -0.4 is 10.3 Å². The molecule has 1 aliphatic rings. The second-order valence-electron chi connectivity index (χ2n) is 7.77. The van der Waals surface area contributed by atoms with E-state index in [1.165, 1.54) is 45.3 Å². The van der Waals surface area contributed by atoms with Gasteiger partial charge in [0.2, 0.25) is 0 Å². The number of likely N-dealkylation sites (tertiary alicyclic amines) is 1. The minimum atomic E-state index is -0.0421. The van der Waals surface area contributed by atoms with Gasteiger partial charge in [0.15, 0.2) is 0 Å². The molecule has 0 aliphatic carbocycles. The van der Waals surface area contributed by atoms with E-state index in [2.05, 4.69) is 9.88 Å².